The summed E-state index contributed by atoms with van der Waals surface area (Å²) in [6, 6.07) is 3.98. The second-order valence-corrected chi connectivity index (χ2v) is 2.94. The Morgan fingerprint density at radius 3 is 2.71 bits per heavy atom. The van der Waals surface area contributed by atoms with E-state index in [1.54, 1.807) is 14.2 Å². The van der Waals surface area contributed by atoms with E-state index >= 15 is 0 Å². The molecule has 0 aliphatic heterocycles. The monoisotopic (exact) mass is 196 g/mol. The molecule has 0 saturated heterocycles. The molecule has 0 spiro atoms. The Bertz CT molecular complexity index is 290. The van der Waals surface area contributed by atoms with Crippen LogP contribution in [0.3, 0.4) is 0 Å². The molecular weight excluding hydrogens is 180 g/mol. The summed E-state index contributed by atoms with van der Waals surface area (Å²) < 4.78 is 12.0. The van der Waals surface area contributed by atoms with Crippen LogP contribution >= 0.6 is 0 Å². The maximum atomic E-state index is 5.01. The van der Waals surface area contributed by atoms with Gasteiger partial charge >= 0.3 is 0 Å². The van der Waals surface area contributed by atoms with E-state index in [1.165, 1.54) is 0 Å². The molecule has 0 aromatic carbocycles. The Morgan fingerprint density at radius 1 is 1.50 bits per heavy atom. The van der Waals surface area contributed by atoms with Crippen LogP contribution < -0.4 is 0 Å². The normalized spacial score (nSPS) is 11.7. The molecule has 0 saturated carbocycles. The lowest BCUT2D eigenvalue weighted by Crippen LogP contribution is -2.16. The summed E-state index contributed by atoms with van der Waals surface area (Å²) in [6.45, 7) is 0.512. The maximum Gasteiger partial charge on any atom is 0.176 e. The predicted molar refractivity (Wildman–Crippen MR) is 55.7 cm³/mol. The number of aliphatic imine (C=N–C) groups is 1. The molecule has 1 aromatic heterocycles. The van der Waals surface area contributed by atoms with E-state index in [1.807, 2.05) is 36.2 Å². The third-order valence-electron chi connectivity index (χ3n) is 1.99. The molecule has 0 amide bonds. The molecule has 78 valence electrons. The van der Waals surface area contributed by atoms with Crippen molar-refractivity contribution in [3.8, 4) is 0 Å². The van der Waals surface area contributed by atoms with Crippen LogP contribution in [-0.2, 0) is 16.5 Å². The van der Waals surface area contributed by atoms with Gasteiger partial charge in [-0.15, -0.1) is 0 Å². The van der Waals surface area contributed by atoms with E-state index in [9.17, 15) is 0 Å². The molecular formula is C10H16N2O2. The Hall–Kier alpha value is -1.13. The number of hydrogen-bond donors (Lipinski definition) is 0. The van der Waals surface area contributed by atoms with Gasteiger partial charge in [0.15, 0.2) is 6.29 Å². The second-order valence-electron chi connectivity index (χ2n) is 2.94. The third-order valence-corrected chi connectivity index (χ3v) is 1.99. The van der Waals surface area contributed by atoms with Gasteiger partial charge in [0.05, 0.1) is 12.2 Å². The average molecular weight is 196 g/mol. The molecule has 4 heteroatoms. The van der Waals surface area contributed by atoms with Gasteiger partial charge in [-0.2, -0.15) is 0 Å². The standard InChI is InChI=1S/C10H16N2O2/c1-12-6-4-5-9(12)7-11-8-10(13-2)14-3/h4-7,10H,8H2,1-3H3. The number of rotatable bonds is 5. The van der Waals surface area contributed by atoms with Gasteiger partial charge in [-0.1, -0.05) is 0 Å². The molecule has 1 rings (SSSR count). The van der Waals surface area contributed by atoms with Crippen LogP contribution in [0.5, 0.6) is 0 Å². The van der Waals surface area contributed by atoms with Crippen molar-refractivity contribution in [2.24, 2.45) is 12.0 Å². The van der Waals surface area contributed by atoms with E-state index in [0.717, 1.165) is 5.69 Å². The highest BCUT2D eigenvalue weighted by molar-refractivity contribution is 5.77. The van der Waals surface area contributed by atoms with E-state index in [4.69, 9.17) is 9.47 Å². The minimum Gasteiger partial charge on any atom is -0.354 e. The van der Waals surface area contributed by atoms with Gasteiger partial charge in [0.2, 0.25) is 0 Å². The SMILES string of the molecule is COC(CN=Cc1cccn1C)OC. The first kappa shape index (κ1) is 10.9. The van der Waals surface area contributed by atoms with Crippen LogP contribution in [0.1, 0.15) is 5.69 Å². The number of nitrogens with zero attached hydrogens (tertiary/aromatic N) is 2. The van der Waals surface area contributed by atoms with Crippen LogP contribution in [0.15, 0.2) is 23.3 Å². The van der Waals surface area contributed by atoms with Crippen molar-refractivity contribution in [1.82, 2.24) is 4.57 Å². The minimum atomic E-state index is -0.258. The Balaban J connectivity index is 2.45. The lowest BCUT2D eigenvalue weighted by molar-refractivity contribution is -0.0936. The molecule has 1 heterocycles. The predicted octanol–water partition coefficient (Wildman–Crippen LogP) is 1.06. The summed E-state index contributed by atoms with van der Waals surface area (Å²) >= 11 is 0. The summed E-state index contributed by atoms with van der Waals surface area (Å²) in [5.41, 5.74) is 1.07. The van der Waals surface area contributed by atoms with Gasteiger partial charge in [-0.3, -0.25) is 4.99 Å². The van der Waals surface area contributed by atoms with Crippen molar-refractivity contribution in [1.29, 1.82) is 0 Å². The molecule has 1 aromatic rings. The average Bonchev–Trinajstić information content (AvgIpc) is 2.59. The number of hydrogen-bond acceptors (Lipinski definition) is 3. The summed E-state index contributed by atoms with van der Waals surface area (Å²) in [7, 11) is 5.18. The van der Waals surface area contributed by atoms with Gasteiger partial charge in [0.1, 0.15) is 0 Å². The number of ether oxygens (including phenoxy) is 2. The minimum absolute atomic E-state index is 0.258. The van der Waals surface area contributed by atoms with E-state index < -0.39 is 0 Å². The molecule has 14 heavy (non-hydrogen) atoms. The van der Waals surface area contributed by atoms with Gasteiger partial charge in [-0.05, 0) is 12.1 Å². The highest BCUT2D eigenvalue weighted by Crippen LogP contribution is 1.96. The quantitative estimate of drug-likeness (QED) is 0.521. The lowest BCUT2D eigenvalue weighted by atomic mass is 10.4. The number of aryl methyl sites for hydroxylation is 1. The Kier molecular flexibility index (Phi) is 4.35. The number of aromatic nitrogens is 1. The molecule has 0 bridgehead atoms. The van der Waals surface area contributed by atoms with Crippen LogP contribution in [0.25, 0.3) is 0 Å². The zero-order chi connectivity index (χ0) is 10.4. The molecule has 0 fully saturated rings. The summed E-state index contributed by atoms with van der Waals surface area (Å²) in [6.07, 6.45) is 3.53. The second kappa shape index (κ2) is 5.57. The third kappa shape index (κ3) is 2.97. The first-order chi connectivity index (χ1) is 6.77. The summed E-state index contributed by atoms with van der Waals surface area (Å²) in [5, 5.41) is 0. The summed E-state index contributed by atoms with van der Waals surface area (Å²) in [4.78, 5) is 4.22. The molecule has 0 N–H and O–H groups in total. The van der Waals surface area contributed by atoms with Crippen LogP contribution in [0.4, 0.5) is 0 Å². The fourth-order valence-corrected chi connectivity index (χ4v) is 1.09. The zero-order valence-corrected chi connectivity index (χ0v) is 8.80. The molecule has 0 aliphatic carbocycles. The summed E-state index contributed by atoms with van der Waals surface area (Å²) in [5.74, 6) is 0. The highest BCUT2D eigenvalue weighted by atomic mass is 16.7. The van der Waals surface area contributed by atoms with E-state index in [0.29, 0.717) is 6.54 Å². The lowest BCUT2D eigenvalue weighted by Gasteiger charge is -2.09. The van der Waals surface area contributed by atoms with E-state index in [2.05, 4.69) is 4.99 Å². The molecule has 0 aliphatic rings. The molecule has 0 atom stereocenters. The Labute approximate surface area is 84.2 Å². The van der Waals surface area contributed by atoms with Gasteiger partial charge in [-0.25, -0.2) is 0 Å². The number of methoxy groups -OCH3 is 2. The topological polar surface area (TPSA) is 35.8 Å². The molecule has 0 unspecified atom stereocenters. The van der Waals surface area contributed by atoms with E-state index in [-0.39, 0.29) is 6.29 Å². The van der Waals surface area contributed by atoms with Crippen molar-refractivity contribution >= 4 is 6.21 Å². The Morgan fingerprint density at radius 2 is 2.21 bits per heavy atom. The largest absolute Gasteiger partial charge is 0.354 e. The molecule has 0 radical (unpaired) electrons. The first-order valence-corrected chi connectivity index (χ1v) is 4.44. The van der Waals surface area contributed by atoms with Crippen molar-refractivity contribution in [2.45, 2.75) is 6.29 Å². The van der Waals surface area contributed by atoms with Gasteiger partial charge in [0, 0.05) is 33.7 Å². The van der Waals surface area contributed by atoms with Gasteiger partial charge < -0.3 is 14.0 Å². The molecule has 4 nitrogen and oxygen atoms in total. The van der Waals surface area contributed by atoms with Crippen LogP contribution in [0.2, 0.25) is 0 Å². The van der Waals surface area contributed by atoms with Crippen LogP contribution in [0, 0.1) is 0 Å². The fourth-order valence-electron chi connectivity index (χ4n) is 1.09. The van der Waals surface area contributed by atoms with Crippen molar-refractivity contribution in [3.63, 3.8) is 0 Å². The fraction of sp³-hybridized carbons (Fsp3) is 0.500. The van der Waals surface area contributed by atoms with Crippen molar-refractivity contribution in [2.75, 3.05) is 20.8 Å². The first-order valence-electron chi connectivity index (χ1n) is 4.44. The maximum absolute atomic E-state index is 5.01. The van der Waals surface area contributed by atoms with Crippen molar-refractivity contribution in [3.05, 3.63) is 24.0 Å². The van der Waals surface area contributed by atoms with Crippen molar-refractivity contribution < 1.29 is 9.47 Å². The van der Waals surface area contributed by atoms with Crippen LogP contribution in [-0.4, -0.2) is 37.8 Å². The smallest absolute Gasteiger partial charge is 0.176 e. The zero-order valence-electron chi connectivity index (χ0n) is 8.80. The highest BCUT2D eigenvalue weighted by Gasteiger charge is 2.01. The van der Waals surface area contributed by atoms with Gasteiger partial charge in [0.25, 0.3) is 0 Å².